The van der Waals surface area contributed by atoms with Gasteiger partial charge in [-0.1, -0.05) is 13.8 Å². The smallest absolute Gasteiger partial charge is 0.191 e. The molecule has 0 amide bonds. The van der Waals surface area contributed by atoms with Gasteiger partial charge >= 0.3 is 0 Å². The van der Waals surface area contributed by atoms with Crippen LogP contribution in [0.5, 0.6) is 0 Å². The van der Waals surface area contributed by atoms with Gasteiger partial charge in [0.1, 0.15) is 0 Å². The molecule has 2 saturated carbocycles. The van der Waals surface area contributed by atoms with Gasteiger partial charge in [-0.05, 0) is 39.0 Å². The van der Waals surface area contributed by atoms with Crippen molar-refractivity contribution < 1.29 is 4.74 Å². The van der Waals surface area contributed by atoms with Gasteiger partial charge in [-0.25, -0.2) is 0 Å². The fourth-order valence-electron chi connectivity index (χ4n) is 5.40. The van der Waals surface area contributed by atoms with Crippen LogP contribution in [0.2, 0.25) is 0 Å². The maximum Gasteiger partial charge on any atom is 0.191 e. The van der Waals surface area contributed by atoms with Crippen LogP contribution < -0.4 is 10.6 Å². The third-order valence-electron chi connectivity index (χ3n) is 6.83. The summed E-state index contributed by atoms with van der Waals surface area (Å²) in [6, 6.07) is 2.54. The van der Waals surface area contributed by atoms with Gasteiger partial charge in [0.15, 0.2) is 5.96 Å². The maximum absolute atomic E-state index is 6.03. The number of fused-ring (bicyclic) bond motifs is 1. The zero-order valence-corrected chi connectivity index (χ0v) is 15.7. The minimum absolute atomic E-state index is 0.186. The number of ether oxygens (including phenoxy) is 1. The van der Waals surface area contributed by atoms with E-state index in [1.165, 1.54) is 32.1 Å². The normalized spacial score (nSPS) is 42.3. The van der Waals surface area contributed by atoms with E-state index in [2.05, 4.69) is 41.3 Å². The first-order valence-electron chi connectivity index (χ1n) is 9.88. The molecule has 4 fully saturated rings. The van der Waals surface area contributed by atoms with Crippen LogP contribution in [0.15, 0.2) is 4.99 Å². The number of hydrogen-bond acceptors (Lipinski definition) is 3. The van der Waals surface area contributed by atoms with Crippen LogP contribution in [0.4, 0.5) is 0 Å². The lowest BCUT2D eigenvalue weighted by Crippen LogP contribution is -2.71. The number of hydrogen-bond donors (Lipinski definition) is 2. The fraction of sp³-hybridized carbons (Fsp3) is 0.947. The molecular weight excluding hydrogens is 300 g/mol. The number of nitrogens with zero attached hydrogens (tertiary/aromatic N) is 2. The molecule has 0 aromatic carbocycles. The van der Waals surface area contributed by atoms with Gasteiger partial charge in [-0.3, -0.25) is 9.89 Å². The number of guanidine groups is 1. The Morgan fingerprint density at radius 1 is 1.21 bits per heavy atom. The molecule has 0 aromatic heterocycles. The predicted molar refractivity (Wildman–Crippen MR) is 97.3 cm³/mol. The van der Waals surface area contributed by atoms with Crippen molar-refractivity contribution in [3.05, 3.63) is 0 Å². The van der Waals surface area contributed by atoms with Crippen LogP contribution >= 0.6 is 0 Å². The number of nitrogens with one attached hydrogen (secondary N) is 2. The Hall–Kier alpha value is -0.810. The third kappa shape index (κ3) is 2.84. The summed E-state index contributed by atoms with van der Waals surface area (Å²) in [5.74, 6) is 1.62. The molecule has 0 aromatic rings. The molecule has 2 aliphatic carbocycles. The number of likely N-dealkylation sites (tertiary alicyclic amines) is 1. The van der Waals surface area contributed by atoms with E-state index in [1.807, 2.05) is 7.05 Å². The average molecular weight is 335 g/mol. The molecule has 5 heteroatoms. The summed E-state index contributed by atoms with van der Waals surface area (Å²) < 4.78 is 6.03. The molecule has 2 heterocycles. The van der Waals surface area contributed by atoms with Gasteiger partial charge in [0, 0.05) is 55.7 Å². The van der Waals surface area contributed by atoms with E-state index in [0.717, 1.165) is 25.2 Å². The molecule has 2 N–H and O–H groups in total. The summed E-state index contributed by atoms with van der Waals surface area (Å²) >= 11 is 0. The highest BCUT2D eigenvalue weighted by atomic mass is 16.5. The Kier molecular flexibility index (Phi) is 4.28. The van der Waals surface area contributed by atoms with E-state index < -0.39 is 0 Å². The first kappa shape index (κ1) is 16.6. The van der Waals surface area contributed by atoms with Crippen molar-refractivity contribution in [3.63, 3.8) is 0 Å². The van der Waals surface area contributed by atoms with Gasteiger partial charge in [-0.15, -0.1) is 0 Å². The lowest BCUT2D eigenvalue weighted by atomic mass is 9.55. The fourth-order valence-corrected chi connectivity index (χ4v) is 5.40. The van der Waals surface area contributed by atoms with Crippen LogP contribution in [0.1, 0.15) is 52.9 Å². The topological polar surface area (TPSA) is 48.9 Å². The van der Waals surface area contributed by atoms with Gasteiger partial charge < -0.3 is 15.4 Å². The highest BCUT2D eigenvalue weighted by Gasteiger charge is 2.58. The summed E-state index contributed by atoms with van der Waals surface area (Å²) in [4.78, 5) is 7.21. The molecule has 2 aliphatic heterocycles. The molecule has 5 unspecified atom stereocenters. The Morgan fingerprint density at radius 3 is 2.71 bits per heavy atom. The van der Waals surface area contributed by atoms with E-state index in [4.69, 9.17) is 4.74 Å². The third-order valence-corrected chi connectivity index (χ3v) is 6.83. The van der Waals surface area contributed by atoms with Gasteiger partial charge in [0.2, 0.25) is 0 Å². The molecule has 0 bridgehead atoms. The van der Waals surface area contributed by atoms with Crippen molar-refractivity contribution in [1.82, 2.24) is 15.5 Å². The van der Waals surface area contributed by atoms with Gasteiger partial charge in [-0.2, -0.15) is 0 Å². The van der Waals surface area contributed by atoms with E-state index >= 15 is 0 Å². The summed E-state index contributed by atoms with van der Waals surface area (Å²) in [7, 11) is 1.90. The number of rotatable bonds is 3. The molecule has 24 heavy (non-hydrogen) atoms. The highest BCUT2D eigenvalue weighted by Crippen LogP contribution is 2.51. The molecule has 2 saturated heterocycles. The first-order chi connectivity index (χ1) is 11.5. The van der Waals surface area contributed by atoms with E-state index in [1.54, 1.807) is 0 Å². The molecule has 5 atom stereocenters. The van der Waals surface area contributed by atoms with Crippen LogP contribution in [0, 0.1) is 11.3 Å². The first-order valence-corrected chi connectivity index (χ1v) is 9.88. The summed E-state index contributed by atoms with van der Waals surface area (Å²) in [6.45, 7) is 9.13. The van der Waals surface area contributed by atoms with Crippen LogP contribution in [-0.2, 0) is 4.74 Å². The standard InChI is InChI=1S/C19H34N4O/c1-12-10-13(11-23(12)14-7-8-14)21-18(20-4)22-16-15-6-5-9-24-17(15)19(16,2)3/h12-17H,5-11H2,1-4H3,(H2,20,21,22). The largest absolute Gasteiger partial charge is 0.377 e. The SMILES string of the molecule is CN=C(NC1CC(C)N(C2CC2)C1)NC1C2CCCOC2C1(C)C. The second kappa shape index (κ2) is 6.17. The second-order valence-electron chi connectivity index (χ2n) is 8.97. The van der Waals surface area contributed by atoms with Gasteiger partial charge in [0.25, 0.3) is 0 Å². The van der Waals surface area contributed by atoms with E-state index in [9.17, 15) is 0 Å². The summed E-state index contributed by atoms with van der Waals surface area (Å²) in [5.41, 5.74) is 0.186. The quantitative estimate of drug-likeness (QED) is 0.612. The maximum atomic E-state index is 6.03. The molecule has 4 rings (SSSR count). The summed E-state index contributed by atoms with van der Waals surface area (Å²) in [6.07, 6.45) is 6.89. The van der Waals surface area contributed by atoms with Crippen molar-refractivity contribution in [2.45, 2.75) is 83.1 Å². The zero-order chi connectivity index (χ0) is 16.9. The summed E-state index contributed by atoms with van der Waals surface area (Å²) in [5, 5.41) is 7.43. The Bertz CT molecular complexity index is 502. The van der Waals surface area contributed by atoms with Crippen LogP contribution in [0.3, 0.4) is 0 Å². The zero-order valence-electron chi connectivity index (χ0n) is 15.7. The molecule has 136 valence electrons. The Labute approximate surface area is 146 Å². The van der Waals surface area contributed by atoms with Crippen LogP contribution in [0.25, 0.3) is 0 Å². The lowest BCUT2D eigenvalue weighted by Gasteiger charge is -2.60. The minimum atomic E-state index is 0.186. The van der Waals surface area contributed by atoms with E-state index in [-0.39, 0.29) is 5.41 Å². The van der Waals surface area contributed by atoms with Crippen molar-refractivity contribution >= 4 is 5.96 Å². The Balaban J connectivity index is 1.35. The highest BCUT2D eigenvalue weighted by molar-refractivity contribution is 5.80. The molecule has 0 spiro atoms. The van der Waals surface area contributed by atoms with Crippen molar-refractivity contribution in [2.75, 3.05) is 20.2 Å². The second-order valence-corrected chi connectivity index (χ2v) is 8.97. The van der Waals surface area contributed by atoms with Crippen molar-refractivity contribution in [1.29, 1.82) is 0 Å². The minimum Gasteiger partial charge on any atom is -0.377 e. The van der Waals surface area contributed by atoms with Crippen LogP contribution in [-0.4, -0.2) is 61.3 Å². The van der Waals surface area contributed by atoms with Gasteiger partial charge in [0.05, 0.1) is 6.10 Å². The van der Waals surface area contributed by atoms with Crippen molar-refractivity contribution in [3.8, 4) is 0 Å². The number of aliphatic imine (C=N–C) groups is 1. The lowest BCUT2D eigenvalue weighted by molar-refractivity contribution is -0.188. The molecule has 4 aliphatic rings. The van der Waals surface area contributed by atoms with E-state index in [0.29, 0.717) is 30.1 Å². The Morgan fingerprint density at radius 2 is 2.00 bits per heavy atom. The average Bonchev–Trinajstić information content (AvgIpc) is 3.34. The molecule has 0 radical (unpaired) electrons. The molecule has 5 nitrogen and oxygen atoms in total. The monoisotopic (exact) mass is 334 g/mol. The molecular formula is C19H34N4O. The van der Waals surface area contributed by atoms with Crippen molar-refractivity contribution in [2.24, 2.45) is 16.3 Å². The predicted octanol–water partition coefficient (Wildman–Crippen LogP) is 1.98.